The standard InChI is InChI=1S/C10H8BrNO/c1-10(6-13-10)8-4-7(5-12)2-3-9(8)11/h2-4H,6H2,1H3. The molecule has 0 spiro atoms. The van der Waals surface area contributed by atoms with Gasteiger partial charge in [0.1, 0.15) is 5.60 Å². The third-order valence-electron chi connectivity index (χ3n) is 2.24. The van der Waals surface area contributed by atoms with E-state index in [4.69, 9.17) is 10.00 Å². The molecule has 13 heavy (non-hydrogen) atoms. The highest BCUT2D eigenvalue weighted by Crippen LogP contribution is 2.41. The highest BCUT2D eigenvalue weighted by atomic mass is 79.9. The molecule has 1 aliphatic heterocycles. The molecule has 1 fully saturated rings. The van der Waals surface area contributed by atoms with E-state index in [1.807, 2.05) is 19.1 Å². The molecule has 0 aliphatic carbocycles. The van der Waals surface area contributed by atoms with E-state index in [0.717, 1.165) is 16.6 Å². The van der Waals surface area contributed by atoms with Gasteiger partial charge >= 0.3 is 0 Å². The molecule has 2 nitrogen and oxygen atoms in total. The summed E-state index contributed by atoms with van der Waals surface area (Å²) in [4.78, 5) is 0. The fourth-order valence-electron chi connectivity index (χ4n) is 1.26. The van der Waals surface area contributed by atoms with Crippen LogP contribution in [0, 0.1) is 11.3 Å². The van der Waals surface area contributed by atoms with Gasteiger partial charge in [0, 0.05) is 10.0 Å². The lowest BCUT2D eigenvalue weighted by molar-refractivity contribution is 0.328. The highest BCUT2D eigenvalue weighted by molar-refractivity contribution is 9.10. The maximum Gasteiger partial charge on any atom is 0.115 e. The number of halogens is 1. The van der Waals surface area contributed by atoms with E-state index < -0.39 is 0 Å². The first-order chi connectivity index (χ1) is 6.15. The first kappa shape index (κ1) is 8.74. The molecule has 1 aliphatic rings. The molecular weight excluding hydrogens is 230 g/mol. The fraction of sp³-hybridized carbons (Fsp3) is 0.300. The van der Waals surface area contributed by atoms with Crippen molar-refractivity contribution in [3.63, 3.8) is 0 Å². The van der Waals surface area contributed by atoms with Crippen LogP contribution in [0.4, 0.5) is 0 Å². The van der Waals surface area contributed by atoms with E-state index in [9.17, 15) is 0 Å². The minimum Gasteiger partial charge on any atom is -0.365 e. The Kier molecular flexibility index (Phi) is 1.90. The maximum atomic E-state index is 8.73. The van der Waals surface area contributed by atoms with Gasteiger partial charge in [-0.1, -0.05) is 15.9 Å². The molecule has 3 heteroatoms. The summed E-state index contributed by atoms with van der Waals surface area (Å²) in [6.45, 7) is 2.76. The second kappa shape index (κ2) is 2.83. The van der Waals surface area contributed by atoms with Crippen molar-refractivity contribution in [1.82, 2.24) is 0 Å². The van der Waals surface area contributed by atoms with E-state index in [1.54, 1.807) is 6.07 Å². The van der Waals surface area contributed by atoms with Gasteiger partial charge in [-0.2, -0.15) is 5.26 Å². The smallest absolute Gasteiger partial charge is 0.115 e. The van der Waals surface area contributed by atoms with E-state index in [1.165, 1.54) is 0 Å². The average Bonchev–Trinajstić information content (AvgIpc) is 2.86. The lowest BCUT2D eigenvalue weighted by atomic mass is 10.0. The van der Waals surface area contributed by atoms with Crippen LogP contribution in [0.2, 0.25) is 0 Å². The molecule has 0 radical (unpaired) electrons. The lowest BCUT2D eigenvalue weighted by Crippen LogP contribution is -2.03. The van der Waals surface area contributed by atoms with Crippen molar-refractivity contribution < 1.29 is 4.74 Å². The summed E-state index contributed by atoms with van der Waals surface area (Å²) in [6.07, 6.45) is 0. The molecule has 0 amide bonds. The molecule has 1 unspecified atom stereocenters. The van der Waals surface area contributed by atoms with Gasteiger partial charge in [0.25, 0.3) is 0 Å². The maximum absolute atomic E-state index is 8.73. The number of hydrogen-bond acceptors (Lipinski definition) is 2. The van der Waals surface area contributed by atoms with Crippen LogP contribution in [-0.2, 0) is 10.3 Å². The van der Waals surface area contributed by atoms with Gasteiger partial charge in [-0.15, -0.1) is 0 Å². The molecule has 1 heterocycles. The summed E-state index contributed by atoms with van der Waals surface area (Å²) in [6, 6.07) is 7.67. The van der Waals surface area contributed by atoms with E-state index in [2.05, 4.69) is 22.0 Å². The van der Waals surface area contributed by atoms with Gasteiger partial charge < -0.3 is 4.74 Å². The zero-order chi connectivity index (χ0) is 9.47. The molecule has 66 valence electrons. The number of nitrogens with zero attached hydrogens (tertiary/aromatic N) is 1. The Labute approximate surface area is 85.3 Å². The van der Waals surface area contributed by atoms with Crippen molar-refractivity contribution in [2.75, 3.05) is 6.61 Å². The number of epoxide rings is 1. The second-order valence-corrected chi connectivity index (χ2v) is 4.18. The summed E-state index contributed by atoms with van der Waals surface area (Å²) >= 11 is 3.45. The molecule has 0 bridgehead atoms. The van der Waals surface area contributed by atoms with Gasteiger partial charge in [0.15, 0.2) is 0 Å². The third-order valence-corrected chi connectivity index (χ3v) is 2.93. The molecular formula is C10H8BrNO. The molecule has 0 N–H and O–H groups in total. The molecule has 0 aromatic heterocycles. The van der Waals surface area contributed by atoms with Crippen LogP contribution in [-0.4, -0.2) is 6.61 Å². The summed E-state index contributed by atoms with van der Waals surface area (Å²) in [7, 11) is 0. The number of benzene rings is 1. The summed E-state index contributed by atoms with van der Waals surface area (Å²) < 4.78 is 6.33. The van der Waals surface area contributed by atoms with Crippen molar-refractivity contribution in [2.45, 2.75) is 12.5 Å². The van der Waals surface area contributed by atoms with Crippen molar-refractivity contribution in [3.8, 4) is 6.07 Å². The zero-order valence-corrected chi connectivity index (χ0v) is 8.76. The molecule has 1 saturated heterocycles. The first-order valence-corrected chi connectivity index (χ1v) is 4.79. The van der Waals surface area contributed by atoms with Crippen molar-refractivity contribution in [3.05, 3.63) is 33.8 Å². The van der Waals surface area contributed by atoms with Crippen LogP contribution in [0.5, 0.6) is 0 Å². The summed E-state index contributed by atoms with van der Waals surface area (Å²) in [5, 5.41) is 8.73. The molecule has 1 aromatic carbocycles. The second-order valence-electron chi connectivity index (χ2n) is 3.33. The molecule has 0 saturated carbocycles. The van der Waals surface area contributed by atoms with Crippen molar-refractivity contribution in [2.24, 2.45) is 0 Å². The summed E-state index contributed by atoms with van der Waals surface area (Å²) in [5.41, 5.74) is 1.56. The van der Waals surface area contributed by atoms with Crippen molar-refractivity contribution in [1.29, 1.82) is 5.26 Å². The van der Waals surface area contributed by atoms with Gasteiger partial charge in [-0.25, -0.2) is 0 Å². The fourth-order valence-corrected chi connectivity index (χ4v) is 1.93. The van der Waals surface area contributed by atoms with Crippen LogP contribution in [0.25, 0.3) is 0 Å². The monoisotopic (exact) mass is 237 g/mol. The quantitative estimate of drug-likeness (QED) is 0.705. The lowest BCUT2D eigenvalue weighted by Gasteiger charge is -2.07. The minimum atomic E-state index is -0.175. The predicted octanol–water partition coefficient (Wildman–Crippen LogP) is 2.57. The Morgan fingerprint density at radius 2 is 2.31 bits per heavy atom. The largest absolute Gasteiger partial charge is 0.365 e. The van der Waals surface area contributed by atoms with Gasteiger partial charge in [-0.05, 0) is 25.1 Å². The topological polar surface area (TPSA) is 36.3 Å². The summed E-state index contributed by atoms with van der Waals surface area (Å²) in [5.74, 6) is 0. The normalized spacial score (nSPS) is 25.3. The SMILES string of the molecule is CC1(c2cc(C#N)ccc2Br)CO1. The number of rotatable bonds is 1. The molecule has 1 aromatic rings. The van der Waals surface area contributed by atoms with Crippen molar-refractivity contribution >= 4 is 15.9 Å². The van der Waals surface area contributed by atoms with Crippen LogP contribution in [0.15, 0.2) is 22.7 Å². The van der Waals surface area contributed by atoms with Crippen LogP contribution < -0.4 is 0 Å². The molecule has 2 rings (SSSR count). The van der Waals surface area contributed by atoms with E-state index >= 15 is 0 Å². The Bertz CT molecular complexity index is 390. The zero-order valence-electron chi connectivity index (χ0n) is 7.17. The Morgan fingerprint density at radius 3 is 2.85 bits per heavy atom. The Balaban J connectivity index is 2.50. The van der Waals surface area contributed by atoms with Crippen LogP contribution >= 0.6 is 15.9 Å². The number of ether oxygens (including phenoxy) is 1. The Hall–Kier alpha value is -0.850. The van der Waals surface area contributed by atoms with Crippen LogP contribution in [0.1, 0.15) is 18.1 Å². The van der Waals surface area contributed by atoms with Gasteiger partial charge in [-0.3, -0.25) is 0 Å². The third kappa shape index (κ3) is 1.48. The Morgan fingerprint density at radius 1 is 1.62 bits per heavy atom. The minimum absolute atomic E-state index is 0.175. The number of nitriles is 1. The van der Waals surface area contributed by atoms with Gasteiger partial charge in [0.05, 0.1) is 18.2 Å². The highest BCUT2D eigenvalue weighted by Gasteiger charge is 2.42. The first-order valence-electron chi connectivity index (χ1n) is 4.00. The number of hydrogen-bond donors (Lipinski definition) is 0. The van der Waals surface area contributed by atoms with Crippen LogP contribution in [0.3, 0.4) is 0 Å². The van der Waals surface area contributed by atoms with E-state index in [0.29, 0.717) is 5.56 Å². The average molecular weight is 238 g/mol. The van der Waals surface area contributed by atoms with E-state index in [-0.39, 0.29) is 5.60 Å². The van der Waals surface area contributed by atoms with Gasteiger partial charge in [0.2, 0.25) is 0 Å². The molecule has 1 atom stereocenters. The predicted molar refractivity (Wildman–Crippen MR) is 52.2 cm³/mol.